The van der Waals surface area contributed by atoms with Gasteiger partial charge >= 0.3 is 0 Å². The second kappa shape index (κ2) is 5.29. The molecule has 0 atom stereocenters. The molecule has 0 aliphatic heterocycles. The second-order valence-corrected chi connectivity index (χ2v) is 1.93. The molecule has 0 aromatic heterocycles. The molecule has 6 heavy (non-hydrogen) atoms. The highest BCUT2D eigenvalue weighted by Gasteiger charge is 1.40. The van der Waals surface area contributed by atoms with Crippen LogP contribution in [-0.4, -0.2) is 7.11 Å². The minimum absolute atomic E-state index is 0. The van der Waals surface area contributed by atoms with Gasteiger partial charge in [0.2, 0.25) is 0 Å². The zero-order valence-electron chi connectivity index (χ0n) is 3.34. The van der Waals surface area contributed by atoms with Crippen LogP contribution in [0.25, 0.3) is 0 Å². The van der Waals surface area contributed by atoms with Gasteiger partial charge in [0.05, 0.1) is 0 Å². The highest BCUT2D eigenvalue weighted by Crippen LogP contribution is 1.56. The van der Waals surface area contributed by atoms with E-state index in [0.717, 1.165) is 0 Å². The number of hydrogen-bond acceptors (Lipinski definition) is 5. The fourth-order valence-electron chi connectivity index (χ4n) is 0. The van der Waals surface area contributed by atoms with Gasteiger partial charge in [0.15, 0.2) is 0 Å². The van der Waals surface area contributed by atoms with Crippen molar-refractivity contribution in [2.75, 3.05) is 7.11 Å². The van der Waals surface area contributed by atoms with Crippen molar-refractivity contribution < 1.29 is 8.39 Å². The largest absolute Gasteiger partial charge is 0.446 e. The van der Waals surface area contributed by atoms with E-state index in [1.54, 1.807) is 0 Å². The first kappa shape index (κ1) is 9.56. The molecule has 0 fully saturated rings. The van der Waals surface area contributed by atoms with Gasteiger partial charge in [-0.15, -0.1) is 0 Å². The average molecular weight is 128 g/mol. The van der Waals surface area contributed by atoms with Crippen LogP contribution in [0.3, 0.4) is 0 Å². The molecule has 0 amide bonds. The van der Waals surface area contributed by atoms with Crippen molar-refractivity contribution in [1.82, 2.24) is 6.15 Å². The summed E-state index contributed by atoms with van der Waals surface area (Å²) in [5.74, 6) is 0. The summed E-state index contributed by atoms with van der Waals surface area (Å²) in [5.41, 5.74) is 0. The molecule has 40 valence electrons. The van der Waals surface area contributed by atoms with Gasteiger partial charge in [-0.25, -0.2) is 11.2 Å². The van der Waals surface area contributed by atoms with Gasteiger partial charge in [0, 0.05) is 7.11 Å². The van der Waals surface area contributed by atoms with Crippen LogP contribution in [-0.2, 0) is 29.2 Å². The summed E-state index contributed by atoms with van der Waals surface area (Å²) in [7, 11) is -0.194. The molecular weight excluding hydrogens is 122 g/mol. The van der Waals surface area contributed by atoms with Crippen molar-refractivity contribution in [2.45, 2.75) is 0 Å². The molecule has 0 saturated heterocycles. The van der Waals surface area contributed by atoms with Crippen LogP contribution in [0.5, 0.6) is 0 Å². The third-order valence-corrected chi connectivity index (χ3v) is 0.816. The summed E-state index contributed by atoms with van der Waals surface area (Å²) >= 11 is 4.03. The monoisotopic (exact) mass is 128 g/mol. The summed E-state index contributed by atoms with van der Waals surface area (Å²) in [6.07, 6.45) is 0. The molecule has 3 N–H and O–H groups in total. The molecule has 0 aromatic carbocycles. The maximum atomic E-state index is 9.52. The van der Waals surface area contributed by atoms with Crippen LogP contribution in [0.15, 0.2) is 0 Å². The molecule has 0 rings (SSSR count). The fraction of sp³-hybridized carbons (Fsp3) is 1.00. The van der Waals surface area contributed by atoms with Crippen molar-refractivity contribution >= 4 is 20.8 Å². The first-order valence-electron chi connectivity index (χ1n) is 0.908. The molecular formula is CH6NO2S2-. The lowest BCUT2D eigenvalue weighted by atomic mass is 11.8. The maximum Gasteiger partial charge on any atom is 0.0141 e. The van der Waals surface area contributed by atoms with E-state index in [4.69, 9.17) is 0 Å². The van der Waals surface area contributed by atoms with Gasteiger partial charge in [-0.3, -0.25) is 0 Å². The van der Waals surface area contributed by atoms with Gasteiger partial charge < -0.3 is 14.5 Å². The predicted octanol–water partition coefficient (Wildman–Crippen LogP) is 0.135. The minimum atomic E-state index is -1.49. The van der Waals surface area contributed by atoms with Crippen LogP contribution in [0, 0.1) is 0 Å². The van der Waals surface area contributed by atoms with E-state index in [1.165, 1.54) is 7.11 Å². The maximum absolute atomic E-state index is 9.52. The van der Waals surface area contributed by atoms with Gasteiger partial charge in [-0.2, -0.15) is 0 Å². The van der Waals surface area contributed by atoms with Gasteiger partial charge in [-0.05, 0) is 0 Å². The Balaban J connectivity index is 0. The van der Waals surface area contributed by atoms with E-state index < -0.39 is 9.64 Å². The number of hydrogen-bond donors (Lipinski definition) is 1. The Bertz CT molecular complexity index is 69.6. The highest BCUT2D eigenvalue weighted by molar-refractivity contribution is 8.19. The molecule has 0 aliphatic carbocycles. The normalized spacial score (nSPS) is 7.67. The van der Waals surface area contributed by atoms with Gasteiger partial charge in [0.25, 0.3) is 0 Å². The number of rotatable bonds is 1. The Morgan fingerprint density at radius 3 is 2.00 bits per heavy atom. The van der Waals surface area contributed by atoms with Crippen LogP contribution in [0.2, 0.25) is 0 Å². The Labute approximate surface area is 43.2 Å². The topological polar surface area (TPSA) is 61.3 Å². The molecule has 0 saturated carbocycles. The Kier molecular flexibility index (Phi) is 8.43. The average Bonchev–Trinajstić information content (AvgIpc) is 1.38. The molecule has 0 spiro atoms. The van der Waals surface area contributed by atoms with E-state index in [0.29, 0.717) is 0 Å². The minimum Gasteiger partial charge on any atom is -0.446 e. The lowest BCUT2D eigenvalue weighted by Gasteiger charge is -1.86. The first-order chi connectivity index (χ1) is 2.27. The van der Waals surface area contributed by atoms with E-state index in [2.05, 4.69) is 15.4 Å². The van der Waals surface area contributed by atoms with Crippen LogP contribution in [0.1, 0.15) is 0 Å². The molecule has 0 heterocycles. The second-order valence-electron chi connectivity index (χ2n) is 0.371. The molecule has 5 heteroatoms. The van der Waals surface area contributed by atoms with Crippen LogP contribution in [0.4, 0.5) is 0 Å². The molecule has 0 bridgehead atoms. The third-order valence-electron chi connectivity index (χ3n) is 0.136. The molecule has 0 radical (unpaired) electrons. The summed E-state index contributed by atoms with van der Waals surface area (Å²) in [6.45, 7) is 0. The summed E-state index contributed by atoms with van der Waals surface area (Å²) in [4.78, 5) is 0. The quantitative estimate of drug-likeness (QED) is 0.510. The standard InChI is InChI=1S/CH3O2S2.H3N/c1-3-5(2)4;/h1H3;1H3/q-1;. The van der Waals surface area contributed by atoms with Crippen molar-refractivity contribution in [2.24, 2.45) is 0 Å². The SMILES string of the molecule is CO[S-](=O)=S.N. The van der Waals surface area contributed by atoms with Gasteiger partial charge in [0.1, 0.15) is 0 Å². The molecule has 0 unspecified atom stereocenters. The van der Waals surface area contributed by atoms with Crippen molar-refractivity contribution in [3.63, 3.8) is 0 Å². The Morgan fingerprint density at radius 2 is 2.00 bits per heavy atom. The lowest BCUT2D eigenvalue weighted by molar-refractivity contribution is 0.444. The Hall–Kier alpha value is 0.290. The Morgan fingerprint density at radius 1 is 1.83 bits per heavy atom. The summed E-state index contributed by atoms with van der Waals surface area (Å²) in [6, 6.07) is 0. The van der Waals surface area contributed by atoms with E-state index in [-0.39, 0.29) is 6.15 Å². The summed E-state index contributed by atoms with van der Waals surface area (Å²) in [5, 5.41) is 0. The zero-order chi connectivity index (χ0) is 4.28. The third kappa shape index (κ3) is 8.85. The zero-order valence-corrected chi connectivity index (χ0v) is 4.97. The molecule has 0 aliphatic rings. The van der Waals surface area contributed by atoms with Crippen molar-refractivity contribution in [1.29, 1.82) is 0 Å². The highest BCUT2D eigenvalue weighted by atomic mass is 32.8. The van der Waals surface area contributed by atoms with Gasteiger partial charge in [-0.1, -0.05) is 9.64 Å². The summed E-state index contributed by atoms with van der Waals surface area (Å²) < 4.78 is 13.6. The van der Waals surface area contributed by atoms with E-state index in [1.807, 2.05) is 0 Å². The lowest BCUT2D eigenvalue weighted by Crippen LogP contribution is -1.68. The van der Waals surface area contributed by atoms with E-state index >= 15 is 0 Å². The van der Waals surface area contributed by atoms with Crippen molar-refractivity contribution in [3.8, 4) is 0 Å². The molecule has 3 nitrogen and oxygen atoms in total. The van der Waals surface area contributed by atoms with E-state index in [9.17, 15) is 4.21 Å². The van der Waals surface area contributed by atoms with Crippen molar-refractivity contribution in [3.05, 3.63) is 0 Å². The smallest absolute Gasteiger partial charge is 0.0141 e. The molecule has 0 aromatic rings. The van der Waals surface area contributed by atoms with Crippen LogP contribution >= 0.6 is 0 Å². The first-order valence-corrected chi connectivity index (χ1v) is 2.91. The fourth-order valence-corrected chi connectivity index (χ4v) is 0. The predicted molar refractivity (Wildman–Crippen MR) is 27.4 cm³/mol. The van der Waals surface area contributed by atoms with Crippen LogP contribution < -0.4 is 6.15 Å².